The molecule has 0 radical (unpaired) electrons. The molecule has 0 aliphatic carbocycles. The molecule has 0 bridgehead atoms. The van der Waals surface area contributed by atoms with Gasteiger partial charge < -0.3 is 5.73 Å². The quantitative estimate of drug-likeness (QED) is 0.829. The molecule has 0 fully saturated rings. The third-order valence-corrected chi connectivity index (χ3v) is 3.47. The Labute approximate surface area is 121 Å². The number of hydrogen-bond acceptors (Lipinski definition) is 4. The number of nitrogen functional groups attached to an aromatic ring is 1. The smallest absolute Gasteiger partial charge is 0.332 e. The average molecular weight is 287 g/mol. The lowest BCUT2D eigenvalue weighted by Crippen LogP contribution is -2.41. The average Bonchev–Trinajstić information content (AvgIpc) is 2.50. The minimum Gasteiger partial charge on any atom is -0.384 e. The summed E-state index contributed by atoms with van der Waals surface area (Å²) >= 11 is 0. The van der Waals surface area contributed by atoms with E-state index in [1.165, 1.54) is 14.1 Å². The maximum atomic E-state index is 12.3. The van der Waals surface area contributed by atoms with E-state index in [9.17, 15) is 14.4 Å². The Morgan fingerprint density at radius 1 is 1.10 bits per heavy atom. The van der Waals surface area contributed by atoms with E-state index in [0.29, 0.717) is 6.42 Å². The highest BCUT2D eigenvalue weighted by atomic mass is 16.2. The first-order valence-corrected chi connectivity index (χ1v) is 6.56. The highest BCUT2D eigenvalue weighted by molar-refractivity contribution is 5.99. The molecule has 1 aromatic carbocycles. The summed E-state index contributed by atoms with van der Waals surface area (Å²) in [5.74, 6) is -0.436. The summed E-state index contributed by atoms with van der Waals surface area (Å²) in [5.41, 5.74) is 5.45. The maximum Gasteiger partial charge on any atom is 0.332 e. The molecule has 0 atom stereocenters. The normalized spacial score (nSPS) is 10.6. The number of ketones is 1. The third kappa shape index (κ3) is 2.79. The number of hydrogen-bond donors (Lipinski definition) is 1. The number of carbonyl (C=O) groups is 1. The van der Waals surface area contributed by atoms with E-state index in [0.717, 1.165) is 14.7 Å². The molecule has 0 spiro atoms. The van der Waals surface area contributed by atoms with Gasteiger partial charge in [-0.25, -0.2) is 4.79 Å². The van der Waals surface area contributed by atoms with Gasteiger partial charge in [0.15, 0.2) is 5.78 Å². The monoisotopic (exact) mass is 287 g/mol. The second-order valence-electron chi connectivity index (χ2n) is 4.87. The van der Waals surface area contributed by atoms with Gasteiger partial charge in [-0.05, 0) is 12.0 Å². The van der Waals surface area contributed by atoms with Crippen molar-refractivity contribution in [2.75, 3.05) is 5.73 Å². The number of nitrogens with two attached hydrogens (primary N) is 1. The predicted octanol–water partition coefficient (Wildman–Crippen LogP) is 0.482. The second-order valence-corrected chi connectivity index (χ2v) is 4.87. The van der Waals surface area contributed by atoms with Crippen LogP contribution in [0.3, 0.4) is 0 Å². The molecule has 110 valence electrons. The zero-order valence-corrected chi connectivity index (χ0v) is 12.0. The van der Waals surface area contributed by atoms with E-state index < -0.39 is 11.2 Å². The first-order chi connectivity index (χ1) is 9.93. The van der Waals surface area contributed by atoms with Crippen LogP contribution in [0.4, 0.5) is 5.82 Å². The zero-order chi connectivity index (χ0) is 15.6. The van der Waals surface area contributed by atoms with Gasteiger partial charge in [-0.3, -0.25) is 18.7 Å². The largest absolute Gasteiger partial charge is 0.384 e. The van der Waals surface area contributed by atoms with Crippen molar-refractivity contribution in [1.29, 1.82) is 0 Å². The molecular formula is C15H17N3O3. The Morgan fingerprint density at radius 3 is 2.33 bits per heavy atom. The molecule has 6 heteroatoms. The van der Waals surface area contributed by atoms with E-state index >= 15 is 0 Å². The topological polar surface area (TPSA) is 87.1 Å². The van der Waals surface area contributed by atoms with E-state index in [1.54, 1.807) is 0 Å². The van der Waals surface area contributed by atoms with Crippen LogP contribution < -0.4 is 17.0 Å². The van der Waals surface area contributed by atoms with Crippen LogP contribution in [0.5, 0.6) is 0 Å². The van der Waals surface area contributed by atoms with Gasteiger partial charge in [-0.2, -0.15) is 0 Å². The molecule has 0 amide bonds. The van der Waals surface area contributed by atoms with Crippen LogP contribution in [-0.2, 0) is 20.5 Å². The van der Waals surface area contributed by atoms with Crippen molar-refractivity contribution in [3.8, 4) is 0 Å². The van der Waals surface area contributed by atoms with E-state index in [1.807, 2.05) is 30.3 Å². The molecule has 6 nitrogen and oxygen atoms in total. The van der Waals surface area contributed by atoms with Gasteiger partial charge in [0, 0.05) is 20.5 Å². The Morgan fingerprint density at radius 2 is 1.71 bits per heavy atom. The van der Waals surface area contributed by atoms with Gasteiger partial charge in [-0.15, -0.1) is 0 Å². The third-order valence-electron chi connectivity index (χ3n) is 3.47. The first-order valence-electron chi connectivity index (χ1n) is 6.56. The molecule has 0 unspecified atom stereocenters. The Bertz CT molecular complexity index is 788. The van der Waals surface area contributed by atoms with Gasteiger partial charge in [0.2, 0.25) is 0 Å². The number of Topliss-reactive ketones (excluding diaryl/α,β-unsaturated/α-hetero) is 1. The molecule has 2 aromatic rings. The Hall–Kier alpha value is -2.63. The van der Waals surface area contributed by atoms with Crippen molar-refractivity contribution >= 4 is 11.6 Å². The van der Waals surface area contributed by atoms with Gasteiger partial charge >= 0.3 is 5.69 Å². The Kier molecular flexibility index (Phi) is 4.07. The number of benzene rings is 1. The summed E-state index contributed by atoms with van der Waals surface area (Å²) in [5, 5.41) is 0. The summed E-state index contributed by atoms with van der Waals surface area (Å²) < 4.78 is 2.00. The fourth-order valence-corrected chi connectivity index (χ4v) is 2.15. The van der Waals surface area contributed by atoms with Crippen LogP contribution in [0.15, 0.2) is 39.9 Å². The molecule has 0 aliphatic rings. The van der Waals surface area contributed by atoms with Crippen LogP contribution in [-0.4, -0.2) is 14.9 Å². The van der Waals surface area contributed by atoms with Crippen LogP contribution in [0.1, 0.15) is 22.3 Å². The van der Waals surface area contributed by atoms with Crippen molar-refractivity contribution in [3.05, 3.63) is 62.3 Å². The van der Waals surface area contributed by atoms with Crippen molar-refractivity contribution < 1.29 is 4.79 Å². The van der Waals surface area contributed by atoms with Crippen LogP contribution in [0.25, 0.3) is 0 Å². The number of aromatic nitrogens is 2. The molecule has 21 heavy (non-hydrogen) atoms. The van der Waals surface area contributed by atoms with Gasteiger partial charge in [-0.1, -0.05) is 30.3 Å². The van der Waals surface area contributed by atoms with Crippen molar-refractivity contribution in [2.24, 2.45) is 14.1 Å². The van der Waals surface area contributed by atoms with Crippen molar-refractivity contribution in [2.45, 2.75) is 12.8 Å². The molecule has 0 saturated carbocycles. The highest BCUT2D eigenvalue weighted by Gasteiger charge is 2.19. The van der Waals surface area contributed by atoms with Gasteiger partial charge in [0.1, 0.15) is 11.4 Å². The molecule has 0 saturated heterocycles. The standard InChI is InChI=1S/C15H17N3O3/c1-17-13(16)12(14(20)18(2)15(17)21)11(19)9-8-10-6-4-3-5-7-10/h3-7H,8-9,16H2,1-2H3. The zero-order valence-electron chi connectivity index (χ0n) is 12.0. The Balaban J connectivity index is 2.32. The molecule has 2 N–H and O–H groups in total. The number of rotatable bonds is 4. The van der Waals surface area contributed by atoms with E-state index in [2.05, 4.69) is 0 Å². The number of aryl methyl sites for hydroxylation is 1. The first kappa shape index (κ1) is 14.8. The maximum absolute atomic E-state index is 12.3. The van der Waals surface area contributed by atoms with Crippen LogP contribution >= 0.6 is 0 Å². The summed E-state index contributed by atoms with van der Waals surface area (Å²) in [7, 11) is 2.77. The second kappa shape index (κ2) is 5.78. The fraction of sp³-hybridized carbons (Fsp3) is 0.267. The summed E-state index contributed by atoms with van der Waals surface area (Å²) in [6.07, 6.45) is 0.687. The molecule has 1 heterocycles. The summed E-state index contributed by atoms with van der Waals surface area (Å²) in [6, 6.07) is 9.50. The molecular weight excluding hydrogens is 270 g/mol. The predicted molar refractivity (Wildman–Crippen MR) is 80.4 cm³/mol. The van der Waals surface area contributed by atoms with Gasteiger partial charge in [0.05, 0.1) is 0 Å². The molecule has 0 aliphatic heterocycles. The molecule has 2 rings (SSSR count). The lowest BCUT2D eigenvalue weighted by molar-refractivity contribution is 0.0981. The lowest BCUT2D eigenvalue weighted by atomic mass is 10.0. The SMILES string of the molecule is Cn1c(N)c(C(=O)CCc2ccccc2)c(=O)n(C)c1=O. The minimum absolute atomic E-state index is 0.0823. The lowest BCUT2D eigenvalue weighted by Gasteiger charge is -2.10. The fourth-order valence-electron chi connectivity index (χ4n) is 2.15. The van der Waals surface area contributed by atoms with Crippen molar-refractivity contribution in [3.63, 3.8) is 0 Å². The summed E-state index contributed by atoms with van der Waals surface area (Å²) in [6.45, 7) is 0. The number of nitrogens with zero attached hydrogens (tertiary/aromatic N) is 2. The highest BCUT2D eigenvalue weighted by Crippen LogP contribution is 2.10. The van der Waals surface area contributed by atoms with E-state index in [4.69, 9.17) is 5.73 Å². The van der Waals surface area contributed by atoms with Crippen LogP contribution in [0, 0.1) is 0 Å². The molecule has 1 aromatic heterocycles. The van der Waals surface area contributed by atoms with Gasteiger partial charge in [0.25, 0.3) is 5.56 Å². The van der Waals surface area contributed by atoms with Crippen LogP contribution in [0.2, 0.25) is 0 Å². The summed E-state index contributed by atoms with van der Waals surface area (Å²) in [4.78, 5) is 36.0. The number of carbonyl (C=O) groups excluding carboxylic acids is 1. The van der Waals surface area contributed by atoms with Crippen molar-refractivity contribution in [1.82, 2.24) is 9.13 Å². The number of anilines is 1. The van der Waals surface area contributed by atoms with E-state index in [-0.39, 0.29) is 23.6 Å². The minimum atomic E-state index is -0.645.